The van der Waals surface area contributed by atoms with E-state index in [0.717, 1.165) is 5.56 Å². The van der Waals surface area contributed by atoms with Crippen LogP contribution in [0.25, 0.3) is 0 Å². The maximum absolute atomic E-state index is 13.9. The molecule has 0 aliphatic carbocycles. The Morgan fingerprint density at radius 3 is 2.33 bits per heavy atom. The van der Waals surface area contributed by atoms with Crippen LogP contribution in [0.15, 0.2) is 30.3 Å². The molecule has 0 aliphatic rings. The number of nitrogen functional groups attached to an aromatic ring is 2. The first-order valence-electron chi connectivity index (χ1n) is 5.26. The lowest BCUT2D eigenvalue weighted by Gasteiger charge is -2.12. The van der Waals surface area contributed by atoms with Gasteiger partial charge in [-0.2, -0.15) is 0 Å². The number of hydrogen-bond acceptors (Lipinski definition) is 3. The fourth-order valence-corrected chi connectivity index (χ4v) is 1.62. The zero-order chi connectivity index (χ0) is 13.3. The highest BCUT2D eigenvalue weighted by Crippen LogP contribution is 2.37. The SMILES string of the molecule is Cc1ccc(Oc2c(N)cc(N)c(Cl)c2F)cc1. The highest BCUT2D eigenvalue weighted by Gasteiger charge is 2.16. The summed E-state index contributed by atoms with van der Waals surface area (Å²) in [4.78, 5) is 0. The minimum atomic E-state index is -0.755. The van der Waals surface area contributed by atoms with Crippen LogP contribution in [0.4, 0.5) is 15.8 Å². The first kappa shape index (κ1) is 12.5. The molecule has 0 heterocycles. The molecular formula is C13H12ClFN2O. The molecule has 0 aliphatic heterocycles. The van der Waals surface area contributed by atoms with Crippen molar-refractivity contribution >= 4 is 23.0 Å². The molecule has 0 aromatic heterocycles. The molecule has 94 valence electrons. The molecule has 0 saturated carbocycles. The minimum Gasteiger partial charge on any atom is -0.452 e. The Morgan fingerprint density at radius 1 is 1.11 bits per heavy atom. The third-order valence-electron chi connectivity index (χ3n) is 2.46. The van der Waals surface area contributed by atoms with E-state index in [1.165, 1.54) is 6.07 Å². The number of halogens is 2. The lowest BCUT2D eigenvalue weighted by Crippen LogP contribution is -1.99. The third kappa shape index (κ3) is 2.33. The quantitative estimate of drug-likeness (QED) is 0.814. The summed E-state index contributed by atoms with van der Waals surface area (Å²) in [5, 5.41) is -0.189. The van der Waals surface area contributed by atoms with Crippen LogP contribution in [0.3, 0.4) is 0 Å². The van der Waals surface area contributed by atoms with Crippen molar-refractivity contribution in [3.05, 3.63) is 46.7 Å². The second kappa shape index (κ2) is 4.74. The van der Waals surface area contributed by atoms with Gasteiger partial charge in [0.1, 0.15) is 10.8 Å². The lowest BCUT2D eigenvalue weighted by molar-refractivity contribution is 0.445. The molecule has 0 spiro atoms. The van der Waals surface area contributed by atoms with Gasteiger partial charge in [0.25, 0.3) is 0 Å². The zero-order valence-corrected chi connectivity index (χ0v) is 10.5. The molecule has 0 bridgehead atoms. The maximum Gasteiger partial charge on any atom is 0.188 e. The van der Waals surface area contributed by atoms with E-state index in [1.807, 2.05) is 19.1 Å². The second-order valence-electron chi connectivity index (χ2n) is 3.93. The summed E-state index contributed by atoms with van der Waals surface area (Å²) in [6.07, 6.45) is 0. The monoisotopic (exact) mass is 266 g/mol. The van der Waals surface area contributed by atoms with Gasteiger partial charge < -0.3 is 16.2 Å². The van der Waals surface area contributed by atoms with Crippen molar-refractivity contribution in [1.82, 2.24) is 0 Å². The Labute approximate surface area is 109 Å². The molecule has 2 aromatic carbocycles. The Hall–Kier alpha value is -1.94. The van der Waals surface area contributed by atoms with Crippen molar-refractivity contribution in [1.29, 1.82) is 0 Å². The number of nitrogens with two attached hydrogens (primary N) is 2. The molecule has 2 aromatic rings. The molecule has 4 N–H and O–H groups in total. The number of rotatable bonds is 2. The van der Waals surface area contributed by atoms with Crippen molar-refractivity contribution in [2.24, 2.45) is 0 Å². The van der Waals surface area contributed by atoms with Crippen LogP contribution in [0.2, 0.25) is 5.02 Å². The predicted octanol–water partition coefficient (Wildman–Crippen LogP) is 3.74. The Bertz CT molecular complexity index is 585. The molecular weight excluding hydrogens is 255 g/mol. The maximum atomic E-state index is 13.9. The van der Waals surface area contributed by atoms with Crippen molar-refractivity contribution in [2.45, 2.75) is 6.92 Å². The van der Waals surface area contributed by atoms with Crippen LogP contribution in [0.1, 0.15) is 5.56 Å². The van der Waals surface area contributed by atoms with Gasteiger partial charge in [-0.15, -0.1) is 0 Å². The summed E-state index contributed by atoms with van der Waals surface area (Å²) in [5.74, 6) is -0.389. The summed E-state index contributed by atoms with van der Waals surface area (Å²) in [6, 6.07) is 8.51. The standard InChI is InChI=1S/C13H12ClFN2O/c1-7-2-4-8(5-3-7)18-13-10(17)6-9(16)11(14)12(13)15/h2-6H,16-17H2,1H3. The van der Waals surface area contributed by atoms with Crippen LogP contribution in [-0.2, 0) is 0 Å². The molecule has 0 fully saturated rings. The van der Waals surface area contributed by atoms with E-state index in [9.17, 15) is 4.39 Å². The van der Waals surface area contributed by atoms with Gasteiger partial charge >= 0.3 is 0 Å². The van der Waals surface area contributed by atoms with E-state index < -0.39 is 5.82 Å². The van der Waals surface area contributed by atoms with Crippen molar-refractivity contribution in [3.63, 3.8) is 0 Å². The number of aryl methyl sites for hydroxylation is 1. The average Bonchev–Trinajstić information content (AvgIpc) is 2.34. The summed E-state index contributed by atoms with van der Waals surface area (Å²) in [6.45, 7) is 1.94. The van der Waals surface area contributed by atoms with Crippen LogP contribution in [-0.4, -0.2) is 0 Å². The predicted molar refractivity (Wildman–Crippen MR) is 71.5 cm³/mol. The minimum absolute atomic E-state index is 0.0860. The first-order valence-corrected chi connectivity index (χ1v) is 5.64. The third-order valence-corrected chi connectivity index (χ3v) is 2.84. The summed E-state index contributed by atoms with van der Waals surface area (Å²) in [5.41, 5.74) is 12.4. The van der Waals surface area contributed by atoms with Crippen LogP contribution in [0, 0.1) is 12.7 Å². The summed E-state index contributed by atoms with van der Waals surface area (Å²) in [7, 11) is 0. The smallest absolute Gasteiger partial charge is 0.188 e. The molecule has 0 unspecified atom stereocenters. The average molecular weight is 267 g/mol. The second-order valence-corrected chi connectivity index (χ2v) is 4.31. The Morgan fingerprint density at radius 2 is 1.72 bits per heavy atom. The molecule has 0 saturated heterocycles. The van der Waals surface area contributed by atoms with Crippen LogP contribution >= 0.6 is 11.6 Å². The molecule has 18 heavy (non-hydrogen) atoms. The molecule has 3 nitrogen and oxygen atoms in total. The largest absolute Gasteiger partial charge is 0.452 e. The number of anilines is 2. The van der Waals surface area contributed by atoms with Gasteiger partial charge in [0.15, 0.2) is 11.6 Å². The number of hydrogen-bond donors (Lipinski definition) is 2. The van der Waals surface area contributed by atoms with Gasteiger partial charge in [-0.05, 0) is 25.1 Å². The molecule has 0 amide bonds. The highest BCUT2D eigenvalue weighted by atomic mass is 35.5. The van der Waals surface area contributed by atoms with Gasteiger partial charge in [0.2, 0.25) is 0 Å². The Kier molecular flexibility index (Phi) is 3.30. The van der Waals surface area contributed by atoms with Crippen molar-refractivity contribution < 1.29 is 9.13 Å². The molecule has 2 rings (SSSR count). The fourth-order valence-electron chi connectivity index (χ4n) is 1.48. The lowest BCUT2D eigenvalue weighted by atomic mass is 10.2. The topological polar surface area (TPSA) is 61.3 Å². The van der Waals surface area contributed by atoms with E-state index in [-0.39, 0.29) is 22.1 Å². The number of benzene rings is 2. The van der Waals surface area contributed by atoms with Crippen molar-refractivity contribution in [2.75, 3.05) is 11.5 Å². The fraction of sp³-hybridized carbons (Fsp3) is 0.0769. The molecule has 0 atom stereocenters. The van der Waals surface area contributed by atoms with Crippen LogP contribution < -0.4 is 16.2 Å². The van der Waals surface area contributed by atoms with Crippen molar-refractivity contribution in [3.8, 4) is 11.5 Å². The van der Waals surface area contributed by atoms with E-state index in [0.29, 0.717) is 5.75 Å². The first-order chi connectivity index (χ1) is 8.49. The normalized spacial score (nSPS) is 10.4. The van der Waals surface area contributed by atoms with E-state index >= 15 is 0 Å². The van der Waals surface area contributed by atoms with Gasteiger partial charge in [-0.1, -0.05) is 29.3 Å². The van der Waals surface area contributed by atoms with E-state index in [2.05, 4.69) is 0 Å². The number of ether oxygens (including phenoxy) is 1. The molecule has 5 heteroatoms. The van der Waals surface area contributed by atoms with Gasteiger partial charge in [-0.3, -0.25) is 0 Å². The summed E-state index contributed by atoms with van der Waals surface area (Å²) >= 11 is 5.71. The van der Waals surface area contributed by atoms with Gasteiger partial charge in [0, 0.05) is 0 Å². The van der Waals surface area contributed by atoms with E-state index in [4.69, 9.17) is 27.8 Å². The molecule has 0 radical (unpaired) electrons. The summed E-state index contributed by atoms with van der Waals surface area (Å²) < 4.78 is 19.3. The van der Waals surface area contributed by atoms with Crippen LogP contribution in [0.5, 0.6) is 11.5 Å². The Balaban J connectivity index is 2.40. The highest BCUT2D eigenvalue weighted by molar-refractivity contribution is 6.33. The van der Waals surface area contributed by atoms with E-state index in [1.54, 1.807) is 12.1 Å². The zero-order valence-electron chi connectivity index (χ0n) is 9.71. The van der Waals surface area contributed by atoms with Gasteiger partial charge in [0.05, 0.1) is 11.4 Å². The van der Waals surface area contributed by atoms with Gasteiger partial charge in [-0.25, -0.2) is 4.39 Å².